The summed E-state index contributed by atoms with van der Waals surface area (Å²) in [5, 5.41) is 17.1. The topological polar surface area (TPSA) is 58.9 Å². The summed E-state index contributed by atoms with van der Waals surface area (Å²) in [6.45, 7) is 10.6. The van der Waals surface area contributed by atoms with E-state index >= 15 is 0 Å². The average molecular weight is 222 g/mol. The molecule has 0 saturated carbocycles. The molecule has 0 aromatic carbocycles. The number of rotatable bonds is 6. The molecule has 94 valence electrons. The van der Waals surface area contributed by atoms with Crippen molar-refractivity contribution in [3.8, 4) is 0 Å². The molecule has 4 nitrogen and oxygen atoms in total. The third kappa shape index (κ3) is 20.0. The first kappa shape index (κ1) is 17.2. The third-order valence-electron chi connectivity index (χ3n) is 1.38. The SMILES string of the molecule is CC(O)COC(C)CO.CCOC(C)C. The van der Waals surface area contributed by atoms with Crippen LogP contribution in [0.15, 0.2) is 0 Å². The molecule has 0 amide bonds. The number of hydrogen-bond acceptors (Lipinski definition) is 4. The van der Waals surface area contributed by atoms with E-state index in [1.807, 2.05) is 20.8 Å². The van der Waals surface area contributed by atoms with Crippen LogP contribution in [0.25, 0.3) is 0 Å². The zero-order valence-electron chi connectivity index (χ0n) is 10.6. The second-order valence-corrected chi connectivity index (χ2v) is 3.68. The van der Waals surface area contributed by atoms with E-state index in [1.54, 1.807) is 13.8 Å². The first-order chi connectivity index (χ1) is 6.93. The van der Waals surface area contributed by atoms with Gasteiger partial charge in [-0.3, -0.25) is 0 Å². The van der Waals surface area contributed by atoms with Crippen LogP contribution in [0.4, 0.5) is 0 Å². The minimum atomic E-state index is -0.445. The van der Waals surface area contributed by atoms with Gasteiger partial charge in [0.15, 0.2) is 0 Å². The largest absolute Gasteiger partial charge is 0.394 e. The van der Waals surface area contributed by atoms with Gasteiger partial charge >= 0.3 is 0 Å². The van der Waals surface area contributed by atoms with E-state index < -0.39 is 6.10 Å². The van der Waals surface area contributed by atoms with Gasteiger partial charge in [-0.05, 0) is 34.6 Å². The van der Waals surface area contributed by atoms with Crippen LogP contribution in [-0.2, 0) is 9.47 Å². The molecule has 0 fully saturated rings. The summed E-state index contributed by atoms with van der Waals surface area (Å²) in [6, 6.07) is 0. The molecule has 0 bridgehead atoms. The molecular formula is C11H26O4. The Kier molecular flexibility index (Phi) is 13.7. The number of aliphatic hydroxyl groups excluding tert-OH is 2. The Labute approximate surface area is 93.2 Å². The van der Waals surface area contributed by atoms with Crippen molar-refractivity contribution >= 4 is 0 Å². The summed E-state index contributed by atoms with van der Waals surface area (Å²) in [5.41, 5.74) is 0. The predicted octanol–water partition coefficient (Wildman–Crippen LogP) is 1.20. The molecule has 2 N–H and O–H groups in total. The Morgan fingerprint density at radius 2 is 1.60 bits per heavy atom. The number of aliphatic hydroxyl groups is 2. The number of ether oxygens (including phenoxy) is 2. The van der Waals surface area contributed by atoms with Gasteiger partial charge in [-0.15, -0.1) is 0 Å². The van der Waals surface area contributed by atoms with Crippen molar-refractivity contribution in [3.63, 3.8) is 0 Å². The summed E-state index contributed by atoms with van der Waals surface area (Å²) in [6.07, 6.45) is -0.214. The highest BCUT2D eigenvalue weighted by Gasteiger charge is 2.00. The maximum atomic E-state index is 8.69. The van der Waals surface area contributed by atoms with Gasteiger partial charge in [-0.1, -0.05) is 0 Å². The monoisotopic (exact) mass is 222 g/mol. The Morgan fingerprint density at radius 1 is 1.07 bits per heavy atom. The highest BCUT2D eigenvalue weighted by atomic mass is 16.5. The van der Waals surface area contributed by atoms with Crippen LogP contribution >= 0.6 is 0 Å². The normalized spacial score (nSPS) is 14.4. The number of hydrogen-bond donors (Lipinski definition) is 2. The van der Waals surface area contributed by atoms with Crippen molar-refractivity contribution in [1.82, 2.24) is 0 Å². The van der Waals surface area contributed by atoms with Gasteiger partial charge in [0.1, 0.15) is 0 Å². The fourth-order valence-corrected chi connectivity index (χ4v) is 0.690. The fraction of sp³-hybridized carbons (Fsp3) is 1.00. The Morgan fingerprint density at radius 3 is 1.80 bits per heavy atom. The maximum Gasteiger partial charge on any atom is 0.0779 e. The molecule has 0 heterocycles. The molecule has 0 aliphatic rings. The van der Waals surface area contributed by atoms with Crippen LogP contribution in [0.2, 0.25) is 0 Å². The van der Waals surface area contributed by atoms with Crippen molar-refractivity contribution in [2.45, 2.75) is 52.9 Å². The summed E-state index contributed by atoms with van der Waals surface area (Å²) in [7, 11) is 0. The highest BCUT2D eigenvalue weighted by molar-refractivity contribution is 4.47. The fourth-order valence-electron chi connectivity index (χ4n) is 0.690. The molecule has 0 aliphatic carbocycles. The van der Waals surface area contributed by atoms with Gasteiger partial charge in [-0.25, -0.2) is 0 Å². The minimum Gasteiger partial charge on any atom is -0.394 e. The van der Waals surface area contributed by atoms with E-state index in [2.05, 4.69) is 0 Å². The molecule has 0 rings (SSSR count). The van der Waals surface area contributed by atoms with E-state index in [0.29, 0.717) is 12.7 Å². The van der Waals surface area contributed by atoms with Crippen LogP contribution in [0.1, 0.15) is 34.6 Å². The van der Waals surface area contributed by atoms with Gasteiger partial charge in [0.2, 0.25) is 0 Å². The Hall–Kier alpha value is -0.160. The summed E-state index contributed by atoms with van der Waals surface area (Å²) < 4.78 is 9.99. The van der Waals surface area contributed by atoms with Gasteiger partial charge < -0.3 is 19.7 Å². The Bertz CT molecular complexity index is 115. The predicted molar refractivity (Wildman–Crippen MR) is 60.9 cm³/mol. The molecule has 0 aromatic heterocycles. The van der Waals surface area contributed by atoms with Crippen LogP contribution in [0.5, 0.6) is 0 Å². The first-order valence-electron chi connectivity index (χ1n) is 5.46. The summed E-state index contributed by atoms with van der Waals surface area (Å²) in [4.78, 5) is 0. The van der Waals surface area contributed by atoms with Crippen LogP contribution in [0, 0.1) is 0 Å². The lowest BCUT2D eigenvalue weighted by molar-refractivity contribution is -0.0177. The van der Waals surface area contributed by atoms with Crippen LogP contribution in [0.3, 0.4) is 0 Å². The molecule has 2 atom stereocenters. The smallest absolute Gasteiger partial charge is 0.0779 e. The minimum absolute atomic E-state index is 0.00667. The molecule has 4 heteroatoms. The van der Waals surface area contributed by atoms with Crippen molar-refractivity contribution in [2.75, 3.05) is 19.8 Å². The van der Waals surface area contributed by atoms with Gasteiger partial charge in [0.05, 0.1) is 31.5 Å². The lowest BCUT2D eigenvalue weighted by Crippen LogP contribution is -2.19. The quantitative estimate of drug-likeness (QED) is 0.709. The lowest BCUT2D eigenvalue weighted by Gasteiger charge is -2.10. The van der Waals surface area contributed by atoms with Crippen molar-refractivity contribution in [2.24, 2.45) is 0 Å². The molecule has 15 heavy (non-hydrogen) atoms. The standard InChI is InChI=1S/C6H14O3.C5H12O/c1-5(8)4-9-6(2)3-7;1-4-6-5(2)3/h5-8H,3-4H2,1-2H3;5H,4H2,1-3H3. The van der Waals surface area contributed by atoms with E-state index in [9.17, 15) is 0 Å². The second-order valence-electron chi connectivity index (χ2n) is 3.68. The highest BCUT2D eigenvalue weighted by Crippen LogP contribution is 1.90. The van der Waals surface area contributed by atoms with Crippen molar-refractivity contribution < 1.29 is 19.7 Å². The zero-order valence-corrected chi connectivity index (χ0v) is 10.6. The van der Waals surface area contributed by atoms with Crippen molar-refractivity contribution in [1.29, 1.82) is 0 Å². The maximum absolute atomic E-state index is 8.69. The van der Waals surface area contributed by atoms with E-state index in [4.69, 9.17) is 19.7 Å². The molecule has 2 unspecified atom stereocenters. The van der Waals surface area contributed by atoms with E-state index in [0.717, 1.165) is 6.61 Å². The lowest BCUT2D eigenvalue weighted by atomic mass is 10.4. The van der Waals surface area contributed by atoms with Gasteiger partial charge in [0, 0.05) is 6.61 Å². The average Bonchev–Trinajstić information content (AvgIpc) is 2.14. The molecule has 0 radical (unpaired) electrons. The summed E-state index contributed by atoms with van der Waals surface area (Å²) in [5.74, 6) is 0. The van der Waals surface area contributed by atoms with Crippen LogP contribution in [-0.4, -0.2) is 48.3 Å². The Balaban J connectivity index is 0. The molecular weight excluding hydrogens is 196 g/mol. The molecule has 0 aromatic rings. The molecule has 0 aliphatic heterocycles. The van der Waals surface area contributed by atoms with Crippen LogP contribution < -0.4 is 0 Å². The van der Waals surface area contributed by atoms with Gasteiger partial charge in [0.25, 0.3) is 0 Å². The van der Waals surface area contributed by atoms with E-state index in [1.165, 1.54) is 0 Å². The third-order valence-corrected chi connectivity index (χ3v) is 1.38. The summed E-state index contributed by atoms with van der Waals surface area (Å²) >= 11 is 0. The zero-order chi connectivity index (χ0) is 12.3. The first-order valence-corrected chi connectivity index (χ1v) is 5.46. The molecule has 0 spiro atoms. The van der Waals surface area contributed by atoms with E-state index in [-0.39, 0.29) is 12.7 Å². The van der Waals surface area contributed by atoms with Gasteiger partial charge in [-0.2, -0.15) is 0 Å². The van der Waals surface area contributed by atoms with Crippen molar-refractivity contribution in [3.05, 3.63) is 0 Å². The molecule has 0 saturated heterocycles. The second kappa shape index (κ2) is 11.9.